The Kier molecular flexibility index (Phi) is 5.41. The highest BCUT2D eigenvalue weighted by molar-refractivity contribution is 7.88. The van der Waals surface area contributed by atoms with Gasteiger partial charge in [0, 0.05) is 13.1 Å². The second-order valence-corrected chi connectivity index (χ2v) is 8.18. The van der Waals surface area contributed by atoms with Gasteiger partial charge in [0.1, 0.15) is 0 Å². The Hall–Kier alpha value is -0.910. The zero-order chi connectivity index (χ0) is 15.5. The smallest absolute Gasteiger partial charge is 0.218 e. The molecule has 1 heterocycles. The van der Waals surface area contributed by atoms with Crippen molar-refractivity contribution in [3.63, 3.8) is 0 Å². The fraction of sp³-hybridized carbons (Fsp3) is 0.625. The van der Waals surface area contributed by atoms with Crippen LogP contribution in [-0.4, -0.2) is 30.9 Å². The molecule has 0 aliphatic carbocycles. The van der Waals surface area contributed by atoms with Crippen molar-refractivity contribution in [2.75, 3.05) is 13.1 Å². The van der Waals surface area contributed by atoms with E-state index in [0.29, 0.717) is 24.9 Å². The Morgan fingerprint density at radius 2 is 1.67 bits per heavy atom. The average Bonchev–Trinajstić information content (AvgIpc) is 2.48. The summed E-state index contributed by atoms with van der Waals surface area (Å²) in [6.45, 7) is 5.67. The number of hydrogen-bond donors (Lipinski definition) is 1. The number of benzene rings is 1. The fourth-order valence-electron chi connectivity index (χ4n) is 2.86. The van der Waals surface area contributed by atoms with Gasteiger partial charge in [-0.2, -0.15) is 0 Å². The van der Waals surface area contributed by atoms with Crippen LogP contribution in [0.4, 0.5) is 0 Å². The molecule has 2 rings (SSSR count). The van der Waals surface area contributed by atoms with Crippen molar-refractivity contribution in [3.05, 3.63) is 35.4 Å². The molecule has 0 atom stereocenters. The van der Waals surface area contributed by atoms with E-state index in [0.717, 1.165) is 24.0 Å². The number of aliphatic hydroxyl groups is 1. The van der Waals surface area contributed by atoms with Gasteiger partial charge in [-0.1, -0.05) is 38.1 Å². The van der Waals surface area contributed by atoms with Gasteiger partial charge in [-0.05, 0) is 35.8 Å². The summed E-state index contributed by atoms with van der Waals surface area (Å²) in [6.07, 6.45) is 1.92. The maximum atomic E-state index is 12.5. The number of rotatable bonds is 5. The predicted octanol–water partition coefficient (Wildman–Crippen LogP) is 2.38. The van der Waals surface area contributed by atoms with Crippen molar-refractivity contribution in [3.8, 4) is 0 Å². The molecule has 4 nitrogen and oxygen atoms in total. The van der Waals surface area contributed by atoms with Crippen LogP contribution in [0.5, 0.6) is 0 Å². The fourth-order valence-corrected chi connectivity index (χ4v) is 4.43. The minimum atomic E-state index is -3.23. The topological polar surface area (TPSA) is 57.6 Å². The first kappa shape index (κ1) is 16.5. The number of hydrogen-bond acceptors (Lipinski definition) is 3. The molecular weight excluding hydrogens is 286 g/mol. The van der Waals surface area contributed by atoms with Crippen molar-refractivity contribution in [1.29, 1.82) is 0 Å². The summed E-state index contributed by atoms with van der Waals surface area (Å²) < 4.78 is 26.6. The highest BCUT2D eigenvalue weighted by Gasteiger charge is 2.29. The molecule has 0 saturated carbocycles. The van der Waals surface area contributed by atoms with Gasteiger partial charge in [0.25, 0.3) is 0 Å². The van der Waals surface area contributed by atoms with E-state index in [1.165, 1.54) is 0 Å². The third-order valence-electron chi connectivity index (χ3n) is 4.39. The molecule has 0 spiro atoms. The summed E-state index contributed by atoms with van der Waals surface area (Å²) in [6, 6.07) is 7.11. The molecule has 1 aliphatic heterocycles. The van der Waals surface area contributed by atoms with Gasteiger partial charge in [-0.15, -0.1) is 0 Å². The quantitative estimate of drug-likeness (QED) is 0.908. The van der Waals surface area contributed by atoms with Gasteiger partial charge in [0.15, 0.2) is 0 Å². The molecule has 0 amide bonds. The number of nitrogens with zero attached hydrogens (tertiary/aromatic N) is 1. The van der Waals surface area contributed by atoms with Gasteiger partial charge < -0.3 is 5.11 Å². The van der Waals surface area contributed by atoms with Gasteiger partial charge >= 0.3 is 0 Å². The Morgan fingerprint density at radius 3 is 2.14 bits per heavy atom. The first-order chi connectivity index (χ1) is 9.92. The maximum absolute atomic E-state index is 12.5. The van der Waals surface area contributed by atoms with Crippen LogP contribution in [-0.2, 0) is 22.4 Å². The molecule has 1 fully saturated rings. The highest BCUT2D eigenvalue weighted by Crippen LogP contribution is 2.26. The summed E-state index contributed by atoms with van der Waals surface area (Å²) in [4.78, 5) is 0. The van der Waals surface area contributed by atoms with Crippen LogP contribution in [0.25, 0.3) is 0 Å². The van der Waals surface area contributed by atoms with Crippen LogP contribution in [0.15, 0.2) is 24.3 Å². The van der Waals surface area contributed by atoms with Crippen LogP contribution < -0.4 is 0 Å². The van der Waals surface area contributed by atoms with Gasteiger partial charge in [-0.3, -0.25) is 0 Å². The molecule has 0 bridgehead atoms. The first-order valence-corrected chi connectivity index (χ1v) is 9.20. The van der Waals surface area contributed by atoms with Crippen LogP contribution in [0.2, 0.25) is 0 Å². The predicted molar refractivity (Wildman–Crippen MR) is 84.1 cm³/mol. The molecule has 0 aromatic heterocycles. The Balaban J connectivity index is 1.98. The SMILES string of the molecule is CC(C)C1CCN(S(=O)(=O)Cc2ccc(CO)cc2)CC1. The van der Waals surface area contributed by atoms with Crippen molar-refractivity contribution < 1.29 is 13.5 Å². The second kappa shape index (κ2) is 6.90. The lowest BCUT2D eigenvalue weighted by molar-refractivity contribution is 0.226. The van der Waals surface area contributed by atoms with E-state index in [1.54, 1.807) is 28.6 Å². The van der Waals surface area contributed by atoms with E-state index in [-0.39, 0.29) is 12.4 Å². The lowest BCUT2D eigenvalue weighted by atomic mass is 9.87. The number of piperidine rings is 1. The number of sulfonamides is 1. The van der Waals surface area contributed by atoms with Crippen LogP contribution in [0, 0.1) is 11.8 Å². The molecule has 0 radical (unpaired) electrons. The molecule has 5 heteroatoms. The molecule has 21 heavy (non-hydrogen) atoms. The van der Waals surface area contributed by atoms with Crippen molar-refractivity contribution in [2.24, 2.45) is 11.8 Å². The Labute approximate surface area is 127 Å². The first-order valence-electron chi connectivity index (χ1n) is 7.59. The van der Waals surface area contributed by atoms with Crippen molar-refractivity contribution in [2.45, 2.75) is 39.0 Å². The van der Waals surface area contributed by atoms with Crippen LogP contribution in [0.1, 0.15) is 37.8 Å². The minimum Gasteiger partial charge on any atom is -0.392 e. The molecular formula is C16H25NO3S. The minimum absolute atomic E-state index is 0.0181. The summed E-state index contributed by atoms with van der Waals surface area (Å²) in [5.74, 6) is 1.31. The van der Waals surface area contributed by atoms with E-state index < -0.39 is 10.0 Å². The summed E-state index contributed by atoms with van der Waals surface area (Å²) in [7, 11) is -3.23. The zero-order valence-electron chi connectivity index (χ0n) is 12.8. The highest BCUT2D eigenvalue weighted by atomic mass is 32.2. The Bertz CT molecular complexity index is 543. The second-order valence-electron chi connectivity index (χ2n) is 6.21. The summed E-state index contributed by atoms with van der Waals surface area (Å²) >= 11 is 0. The summed E-state index contributed by atoms with van der Waals surface area (Å²) in [5, 5.41) is 9.01. The van der Waals surface area contributed by atoms with Crippen molar-refractivity contribution in [1.82, 2.24) is 4.31 Å². The van der Waals surface area contributed by atoms with Crippen LogP contribution >= 0.6 is 0 Å². The van der Waals surface area contributed by atoms with E-state index in [1.807, 2.05) is 0 Å². The monoisotopic (exact) mass is 311 g/mol. The lowest BCUT2D eigenvalue weighted by Gasteiger charge is -2.33. The van der Waals surface area contributed by atoms with Crippen molar-refractivity contribution >= 4 is 10.0 Å². The molecule has 118 valence electrons. The molecule has 1 aromatic carbocycles. The summed E-state index contributed by atoms with van der Waals surface area (Å²) in [5.41, 5.74) is 1.58. The standard InChI is InChI=1S/C16H25NO3S/c1-13(2)16-7-9-17(10-8-16)21(19,20)12-15-5-3-14(11-18)4-6-15/h3-6,13,16,18H,7-12H2,1-2H3. The molecule has 1 aromatic rings. The van der Waals surface area contributed by atoms with Gasteiger partial charge in [0.05, 0.1) is 12.4 Å². The van der Waals surface area contributed by atoms with E-state index >= 15 is 0 Å². The van der Waals surface area contributed by atoms with E-state index in [2.05, 4.69) is 13.8 Å². The normalized spacial score (nSPS) is 18.3. The van der Waals surface area contributed by atoms with Gasteiger partial charge in [0.2, 0.25) is 10.0 Å². The lowest BCUT2D eigenvalue weighted by Crippen LogP contribution is -2.40. The van der Waals surface area contributed by atoms with Crippen LogP contribution in [0.3, 0.4) is 0 Å². The third kappa shape index (κ3) is 4.28. The molecule has 1 aliphatic rings. The molecule has 1 saturated heterocycles. The zero-order valence-corrected chi connectivity index (χ0v) is 13.6. The van der Waals surface area contributed by atoms with E-state index in [9.17, 15) is 8.42 Å². The Morgan fingerprint density at radius 1 is 1.14 bits per heavy atom. The third-order valence-corrected chi connectivity index (χ3v) is 6.24. The molecule has 1 N–H and O–H groups in total. The number of aliphatic hydroxyl groups excluding tert-OH is 1. The maximum Gasteiger partial charge on any atom is 0.218 e. The van der Waals surface area contributed by atoms with E-state index in [4.69, 9.17) is 5.11 Å². The van der Waals surface area contributed by atoms with Gasteiger partial charge in [-0.25, -0.2) is 12.7 Å². The molecule has 0 unspecified atom stereocenters. The average molecular weight is 311 g/mol. The largest absolute Gasteiger partial charge is 0.392 e.